The zero-order valence-corrected chi connectivity index (χ0v) is 13.2. The van der Waals surface area contributed by atoms with Crippen LogP contribution in [0.15, 0.2) is 59.5 Å². The molecule has 0 amide bonds. The van der Waals surface area contributed by atoms with Crippen LogP contribution in [-0.4, -0.2) is 17.1 Å². The molecule has 116 valence electrons. The van der Waals surface area contributed by atoms with Crippen molar-refractivity contribution in [3.63, 3.8) is 0 Å². The molecule has 5 heteroatoms. The normalized spacial score (nSPS) is 10.7. The Morgan fingerprint density at radius 3 is 2.57 bits per heavy atom. The van der Waals surface area contributed by atoms with Crippen LogP contribution < -0.4 is 5.56 Å². The van der Waals surface area contributed by atoms with E-state index in [4.69, 9.17) is 16.3 Å². The lowest BCUT2D eigenvalue weighted by Crippen LogP contribution is -2.21. The van der Waals surface area contributed by atoms with Crippen LogP contribution in [0.25, 0.3) is 16.5 Å². The monoisotopic (exact) mass is 327 g/mol. The predicted octanol–water partition coefficient (Wildman–Crippen LogP) is 3.82. The van der Waals surface area contributed by atoms with E-state index >= 15 is 0 Å². The smallest absolute Gasteiger partial charge is 0.340 e. The highest BCUT2D eigenvalue weighted by Crippen LogP contribution is 2.20. The van der Waals surface area contributed by atoms with E-state index in [1.807, 2.05) is 0 Å². The number of esters is 1. The fraction of sp³-hybridized carbons (Fsp3) is 0.111. The predicted molar refractivity (Wildman–Crippen MR) is 90.5 cm³/mol. The molecule has 0 aliphatic rings. The average molecular weight is 328 g/mol. The number of ether oxygens (including phenoxy) is 1. The number of benzene rings is 2. The van der Waals surface area contributed by atoms with Crippen molar-refractivity contribution in [3.8, 4) is 5.69 Å². The quantitative estimate of drug-likeness (QED) is 0.687. The molecule has 4 nitrogen and oxygen atoms in total. The molecule has 0 bridgehead atoms. The molecule has 0 atom stereocenters. The SMILES string of the molecule is CCOC(=O)c1cn(-c2cccc(Cl)c2)c(=O)c2ccccc12. The van der Waals surface area contributed by atoms with Crippen molar-refractivity contribution in [2.24, 2.45) is 0 Å². The first-order valence-electron chi connectivity index (χ1n) is 7.19. The van der Waals surface area contributed by atoms with Crippen LogP contribution in [0.4, 0.5) is 0 Å². The van der Waals surface area contributed by atoms with E-state index in [2.05, 4.69) is 0 Å². The molecular formula is C18H14ClNO3. The second-order valence-electron chi connectivity index (χ2n) is 4.96. The van der Waals surface area contributed by atoms with Crippen LogP contribution in [0.5, 0.6) is 0 Å². The van der Waals surface area contributed by atoms with Crippen molar-refractivity contribution < 1.29 is 9.53 Å². The van der Waals surface area contributed by atoms with Gasteiger partial charge in [0.25, 0.3) is 5.56 Å². The second-order valence-corrected chi connectivity index (χ2v) is 5.40. The molecule has 0 N–H and O–H groups in total. The highest BCUT2D eigenvalue weighted by atomic mass is 35.5. The fourth-order valence-electron chi connectivity index (χ4n) is 2.48. The highest BCUT2D eigenvalue weighted by molar-refractivity contribution is 6.30. The highest BCUT2D eigenvalue weighted by Gasteiger charge is 2.16. The molecule has 3 rings (SSSR count). The van der Waals surface area contributed by atoms with Crippen LogP contribution in [0.2, 0.25) is 5.02 Å². The van der Waals surface area contributed by atoms with Gasteiger partial charge in [0.05, 0.1) is 17.9 Å². The Kier molecular flexibility index (Phi) is 4.17. The summed E-state index contributed by atoms with van der Waals surface area (Å²) in [7, 11) is 0. The lowest BCUT2D eigenvalue weighted by molar-refractivity contribution is 0.0528. The van der Waals surface area contributed by atoms with E-state index in [0.717, 1.165) is 0 Å². The Balaban J connectivity index is 2.33. The van der Waals surface area contributed by atoms with Crippen LogP contribution in [-0.2, 0) is 4.74 Å². The number of hydrogen-bond donors (Lipinski definition) is 0. The molecule has 0 unspecified atom stereocenters. The Labute approximate surface area is 137 Å². The van der Waals surface area contributed by atoms with Crippen molar-refractivity contribution in [1.82, 2.24) is 4.57 Å². The van der Waals surface area contributed by atoms with Crippen LogP contribution in [0.1, 0.15) is 17.3 Å². The van der Waals surface area contributed by atoms with Gasteiger partial charge in [-0.25, -0.2) is 4.79 Å². The number of carbonyl (C=O) groups is 1. The Morgan fingerprint density at radius 2 is 1.87 bits per heavy atom. The van der Waals surface area contributed by atoms with Gasteiger partial charge in [0, 0.05) is 22.0 Å². The van der Waals surface area contributed by atoms with Crippen molar-refractivity contribution in [2.45, 2.75) is 6.92 Å². The van der Waals surface area contributed by atoms with Crippen LogP contribution in [0, 0.1) is 0 Å². The summed E-state index contributed by atoms with van der Waals surface area (Å²) in [6, 6.07) is 13.9. The van der Waals surface area contributed by atoms with Gasteiger partial charge in [0.1, 0.15) is 0 Å². The summed E-state index contributed by atoms with van der Waals surface area (Å²) >= 11 is 6.01. The van der Waals surface area contributed by atoms with E-state index in [1.165, 1.54) is 10.8 Å². The summed E-state index contributed by atoms with van der Waals surface area (Å²) in [5, 5.41) is 1.55. The summed E-state index contributed by atoms with van der Waals surface area (Å²) in [6.07, 6.45) is 1.51. The molecule has 2 aromatic carbocycles. The minimum absolute atomic E-state index is 0.212. The van der Waals surface area contributed by atoms with E-state index in [0.29, 0.717) is 27.0 Å². The van der Waals surface area contributed by atoms with Crippen molar-refractivity contribution >= 4 is 28.3 Å². The lowest BCUT2D eigenvalue weighted by atomic mass is 10.1. The zero-order valence-electron chi connectivity index (χ0n) is 12.5. The molecule has 0 radical (unpaired) electrons. The number of rotatable bonds is 3. The van der Waals surface area contributed by atoms with E-state index < -0.39 is 5.97 Å². The molecule has 3 aromatic rings. The molecule has 0 saturated carbocycles. The number of fused-ring (bicyclic) bond motifs is 1. The number of hydrogen-bond acceptors (Lipinski definition) is 3. The third kappa shape index (κ3) is 2.85. The van der Waals surface area contributed by atoms with Gasteiger partial charge in [-0.05, 0) is 31.2 Å². The van der Waals surface area contributed by atoms with E-state index in [-0.39, 0.29) is 12.2 Å². The summed E-state index contributed by atoms with van der Waals surface area (Å²) in [6.45, 7) is 2.01. The van der Waals surface area contributed by atoms with E-state index in [9.17, 15) is 9.59 Å². The molecule has 23 heavy (non-hydrogen) atoms. The molecular weight excluding hydrogens is 314 g/mol. The molecule has 0 saturated heterocycles. The summed E-state index contributed by atoms with van der Waals surface area (Å²) < 4.78 is 6.53. The van der Waals surface area contributed by atoms with Crippen LogP contribution >= 0.6 is 11.6 Å². The van der Waals surface area contributed by atoms with Gasteiger partial charge in [-0.3, -0.25) is 9.36 Å². The van der Waals surface area contributed by atoms with Gasteiger partial charge in [0.15, 0.2) is 0 Å². The molecule has 0 aliphatic heterocycles. The minimum atomic E-state index is -0.459. The van der Waals surface area contributed by atoms with Gasteiger partial charge in [-0.15, -0.1) is 0 Å². The third-order valence-corrected chi connectivity index (χ3v) is 3.74. The lowest BCUT2D eigenvalue weighted by Gasteiger charge is -2.12. The molecule has 1 heterocycles. The third-order valence-electron chi connectivity index (χ3n) is 3.51. The maximum absolute atomic E-state index is 12.7. The number of aromatic nitrogens is 1. The minimum Gasteiger partial charge on any atom is -0.462 e. The molecule has 0 fully saturated rings. The fourth-order valence-corrected chi connectivity index (χ4v) is 2.67. The van der Waals surface area contributed by atoms with Crippen molar-refractivity contribution in [3.05, 3.63) is 75.7 Å². The Hall–Kier alpha value is -2.59. The van der Waals surface area contributed by atoms with Gasteiger partial charge in [-0.2, -0.15) is 0 Å². The summed E-state index contributed by atoms with van der Waals surface area (Å²) in [5.41, 5.74) is 0.733. The van der Waals surface area contributed by atoms with Crippen molar-refractivity contribution in [1.29, 1.82) is 0 Å². The second kappa shape index (κ2) is 6.26. The van der Waals surface area contributed by atoms with Gasteiger partial charge in [-0.1, -0.05) is 35.9 Å². The van der Waals surface area contributed by atoms with Gasteiger partial charge < -0.3 is 4.74 Å². The largest absolute Gasteiger partial charge is 0.462 e. The first-order chi connectivity index (χ1) is 11.1. The maximum Gasteiger partial charge on any atom is 0.340 e. The number of pyridine rings is 1. The summed E-state index contributed by atoms with van der Waals surface area (Å²) in [4.78, 5) is 25.0. The Bertz CT molecular complexity index is 946. The number of carbonyl (C=O) groups excluding carboxylic acids is 1. The Morgan fingerprint density at radius 1 is 1.13 bits per heavy atom. The molecule has 0 spiro atoms. The molecule has 0 aliphatic carbocycles. The van der Waals surface area contributed by atoms with E-state index in [1.54, 1.807) is 55.5 Å². The van der Waals surface area contributed by atoms with Crippen LogP contribution in [0.3, 0.4) is 0 Å². The standard InChI is InChI=1S/C18H14ClNO3/c1-2-23-18(22)16-11-20(13-7-5-6-12(19)10-13)17(21)15-9-4-3-8-14(15)16/h3-11H,2H2,1H3. The zero-order chi connectivity index (χ0) is 16.4. The summed E-state index contributed by atoms with van der Waals surface area (Å²) in [5.74, 6) is -0.459. The number of halogens is 1. The first kappa shape index (κ1) is 15.3. The average Bonchev–Trinajstić information content (AvgIpc) is 2.55. The topological polar surface area (TPSA) is 48.3 Å². The van der Waals surface area contributed by atoms with Crippen molar-refractivity contribution in [2.75, 3.05) is 6.61 Å². The first-order valence-corrected chi connectivity index (χ1v) is 7.57. The molecule has 1 aromatic heterocycles. The van der Waals surface area contributed by atoms with Gasteiger partial charge in [0.2, 0.25) is 0 Å². The van der Waals surface area contributed by atoms with Gasteiger partial charge >= 0.3 is 5.97 Å². The maximum atomic E-state index is 12.7. The number of nitrogens with zero attached hydrogens (tertiary/aromatic N) is 1.